The zero-order valence-electron chi connectivity index (χ0n) is 20.3. The molecule has 0 bridgehead atoms. The average molecular weight is 508 g/mol. The molecule has 0 atom stereocenters. The second-order valence-corrected chi connectivity index (χ2v) is 9.29. The van der Waals surface area contributed by atoms with Crippen LogP contribution in [0.5, 0.6) is 0 Å². The number of piperidine rings is 1. The summed E-state index contributed by atoms with van der Waals surface area (Å²) in [5.41, 5.74) is 16.9. The third-order valence-electron chi connectivity index (χ3n) is 6.80. The number of nitrogens with two attached hydrogens (primary N) is 2. The molecule has 0 spiro atoms. The van der Waals surface area contributed by atoms with Crippen LogP contribution in [0.1, 0.15) is 38.5 Å². The van der Waals surface area contributed by atoms with Crippen molar-refractivity contribution in [1.82, 2.24) is 35.1 Å². The summed E-state index contributed by atoms with van der Waals surface area (Å²) in [7, 11) is 0. The van der Waals surface area contributed by atoms with Crippen molar-refractivity contribution in [3.05, 3.63) is 24.5 Å². The van der Waals surface area contributed by atoms with Gasteiger partial charge in [0.05, 0.1) is 5.39 Å². The molecule has 1 saturated heterocycles. The average Bonchev–Trinajstić information content (AvgIpc) is 3.46. The topological polar surface area (TPSA) is 191 Å². The van der Waals surface area contributed by atoms with Gasteiger partial charge in [0.1, 0.15) is 23.4 Å². The van der Waals surface area contributed by atoms with E-state index in [4.69, 9.17) is 26.2 Å². The van der Waals surface area contributed by atoms with Crippen LogP contribution < -0.4 is 16.9 Å². The zero-order chi connectivity index (χ0) is 25.9. The van der Waals surface area contributed by atoms with E-state index in [-0.39, 0.29) is 18.3 Å². The quantitative estimate of drug-likeness (QED) is 0.156. The first-order valence-corrected chi connectivity index (χ1v) is 12.3. The smallest absolute Gasteiger partial charge is 0.292 e. The second kappa shape index (κ2) is 10.4. The van der Waals surface area contributed by atoms with Crippen molar-refractivity contribution in [1.29, 1.82) is 0 Å². The van der Waals surface area contributed by atoms with E-state index in [0.717, 1.165) is 18.4 Å². The van der Waals surface area contributed by atoms with Crippen molar-refractivity contribution in [2.75, 3.05) is 24.6 Å². The number of nitrogen functional groups attached to an aromatic ring is 2. The number of nitrogens with zero attached hydrogens (tertiary/aromatic N) is 6. The number of fused-ring (bicyclic) bond motifs is 2. The molecule has 4 heterocycles. The van der Waals surface area contributed by atoms with Gasteiger partial charge >= 0.3 is 0 Å². The number of carbonyl (C=O) groups excluding carboxylic acids is 2. The Morgan fingerprint density at radius 2 is 1.92 bits per heavy atom. The monoisotopic (exact) mass is 507 g/mol. The van der Waals surface area contributed by atoms with E-state index in [0.29, 0.717) is 78.5 Å². The number of hydrogen-bond donors (Lipinski definition) is 4. The first kappa shape index (κ1) is 24.4. The van der Waals surface area contributed by atoms with Gasteiger partial charge in [-0.2, -0.15) is 10.1 Å². The lowest BCUT2D eigenvalue weighted by molar-refractivity contribution is -0.133. The molecule has 3 aromatic heterocycles. The Balaban J connectivity index is 1.27. The maximum Gasteiger partial charge on any atom is 0.292 e. The predicted octanol–water partition coefficient (Wildman–Crippen LogP) is 2.10. The molecule has 1 aliphatic rings. The van der Waals surface area contributed by atoms with E-state index in [1.165, 1.54) is 6.33 Å². The molecule has 0 saturated carbocycles. The number of nitrogens with one attached hydrogen (secondary N) is 1. The summed E-state index contributed by atoms with van der Waals surface area (Å²) in [6.07, 6.45) is 4.91. The molecule has 0 unspecified atom stereocenters. The molecule has 2 amide bonds. The van der Waals surface area contributed by atoms with Crippen LogP contribution in [-0.2, 0) is 16.1 Å². The number of carbonyl (C=O) groups is 2. The number of hydrogen-bond acceptors (Lipinski definition) is 10. The maximum atomic E-state index is 12.6. The molecule has 37 heavy (non-hydrogen) atoms. The van der Waals surface area contributed by atoms with Gasteiger partial charge in [0.25, 0.3) is 6.01 Å². The molecular weight excluding hydrogens is 478 g/mol. The first-order chi connectivity index (χ1) is 17.9. The van der Waals surface area contributed by atoms with Crippen molar-refractivity contribution in [2.24, 2.45) is 5.92 Å². The Morgan fingerprint density at radius 3 is 2.70 bits per heavy atom. The summed E-state index contributed by atoms with van der Waals surface area (Å²) in [5.74, 6) is 0.335. The highest BCUT2D eigenvalue weighted by Crippen LogP contribution is 2.33. The lowest BCUT2D eigenvalue weighted by Crippen LogP contribution is -2.39. The molecule has 0 aliphatic carbocycles. The molecule has 1 fully saturated rings. The van der Waals surface area contributed by atoms with E-state index >= 15 is 0 Å². The minimum absolute atomic E-state index is 0.0964. The van der Waals surface area contributed by atoms with Gasteiger partial charge in [0.15, 0.2) is 11.2 Å². The van der Waals surface area contributed by atoms with Crippen LogP contribution in [-0.4, -0.2) is 59.7 Å². The fourth-order valence-corrected chi connectivity index (χ4v) is 4.84. The van der Waals surface area contributed by atoms with Crippen LogP contribution in [0.3, 0.4) is 0 Å². The molecule has 6 N–H and O–H groups in total. The summed E-state index contributed by atoms with van der Waals surface area (Å²) in [6.45, 7) is 1.99. The number of aromatic nitrogens is 5. The minimum Gasteiger partial charge on any atom is -0.424 e. The van der Waals surface area contributed by atoms with Crippen LogP contribution >= 0.6 is 0 Å². The Labute approximate surface area is 211 Å². The highest BCUT2D eigenvalue weighted by Gasteiger charge is 2.25. The summed E-state index contributed by atoms with van der Waals surface area (Å²) in [4.78, 5) is 38.4. The fourth-order valence-electron chi connectivity index (χ4n) is 4.84. The summed E-state index contributed by atoms with van der Waals surface area (Å²) in [5, 5.41) is 14.1. The van der Waals surface area contributed by atoms with E-state index < -0.39 is 5.91 Å². The molecular formula is C24H29N9O4. The minimum atomic E-state index is -0.432. The van der Waals surface area contributed by atoms with Gasteiger partial charge in [0.2, 0.25) is 11.8 Å². The van der Waals surface area contributed by atoms with Crippen LogP contribution in [0.2, 0.25) is 0 Å². The number of anilines is 2. The van der Waals surface area contributed by atoms with Crippen molar-refractivity contribution in [3.63, 3.8) is 0 Å². The SMILES string of the molecule is Nc1nc2cc(-c3nn(CC4CCN(C(=O)CCCCC(=O)NO)CC4)c4ncnc(N)c34)ccc2o1. The second-order valence-electron chi connectivity index (χ2n) is 9.29. The standard InChI is InChI=1S/C24H29N9O4/c25-22-20-21(15-5-6-17-16(11-15)29-24(26)37-17)30-33(23(20)28-13-27-22)12-14-7-9-32(10-8-14)19(35)4-2-1-3-18(34)31-36/h5-6,11,13-14,36H,1-4,7-10,12H2,(H2,26,29)(H,31,34)(H2,25,27,28). The van der Waals surface area contributed by atoms with Gasteiger partial charge in [-0.25, -0.2) is 20.1 Å². The van der Waals surface area contributed by atoms with E-state index in [9.17, 15) is 9.59 Å². The maximum absolute atomic E-state index is 12.6. The van der Waals surface area contributed by atoms with Crippen LogP contribution in [0.15, 0.2) is 28.9 Å². The van der Waals surface area contributed by atoms with Crippen LogP contribution in [0, 0.1) is 5.92 Å². The number of amides is 2. The Bertz CT molecular complexity index is 1440. The Kier molecular flexibility index (Phi) is 6.86. The highest BCUT2D eigenvalue weighted by atomic mass is 16.5. The largest absolute Gasteiger partial charge is 0.424 e. The van der Waals surface area contributed by atoms with Gasteiger partial charge in [-0.15, -0.1) is 0 Å². The first-order valence-electron chi connectivity index (χ1n) is 12.3. The molecule has 194 valence electrons. The fraction of sp³-hybridized carbons (Fsp3) is 0.417. The molecule has 13 nitrogen and oxygen atoms in total. The Morgan fingerprint density at radius 1 is 1.14 bits per heavy atom. The van der Waals surface area contributed by atoms with Gasteiger partial charge < -0.3 is 20.8 Å². The van der Waals surface area contributed by atoms with Crippen molar-refractivity contribution >= 4 is 45.8 Å². The predicted molar refractivity (Wildman–Crippen MR) is 135 cm³/mol. The molecule has 1 aliphatic heterocycles. The van der Waals surface area contributed by atoms with E-state index in [1.807, 2.05) is 21.7 Å². The number of likely N-dealkylation sites (tertiary alicyclic amines) is 1. The number of rotatable bonds is 8. The van der Waals surface area contributed by atoms with Crippen molar-refractivity contribution < 1.29 is 19.2 Å². The zero-order valence-corrected chi connectivity index (χ0v) is 20.3. The summed E-state index contributed by atoms with van der Waals surface area (Å²) in [6, 6.07) is 5.64. The van der Waals surface area contributed by atoms with E-state index in [1.54, 1.807) is 11.5 Å². The molecule has 5 rings (SSSR count). The lowest BCUT2D eigenvalue weighted by atomic mass is 9.96. The Hall–Kier alpha value is -4.26. The normalized spacial score (nSPS) is 14.5. The van der Waals surface area contributed by atoms with E-state index in [2.05, 4.69) is 15.0 Å². The van der Waals surface area contributed by atoms with Crippen molar-refractivity contribution in [3.8, 4) is 11.3 Å². The molecule has 4 aromatic rings. The van der Waals surface area contributed by atoms with Gasteiger partial charge in [-0.1, -0.05) is 0 Å². The van der Waals surface area contributed by atoms with Crippen LogP contribution in [0.4, 0.5) is 11.8 Å². The van der Waals surface area contributed by atoms with Gasteiger partial charge in [-0.3, -0.25) is 14.8 Å². The lowest BCUT2D eigenvalue weighted by Gasteiger charge is -2.32. The molecule has 0 radical (unpaired) electrons. The van der Waals surface area contributed by atoms with Gasteiger partial charge in [0, 0.05) is 38.0 Å². The summed E-state index contributed by atoms with van der Waals surface area (Å²) < 4.78 is 7.25. The molecule has 13 heteroatoms. The number of oxazole rings is 1. The molecule has 1 aromatic carbocycles. The van der Waals surface area contributed by atoms with Crippen LogP contribution in [0.25, 0.3) is 33.4 Å². The highest BCUT2D eigenvalue weighted by molar-refractivity contribution is 5.99. The van der Waals surface area contributed by atoms with Crippen molar-refractivity contribution in [2.45, 2.75) is 45.1 Å². The third-order valence-corrected chi connectivity index (χ3v) is 6.80. The third kappa shape index (κ3) is 5.16. The van der Waals surface area contributed by atoms with Gasteiger partial charge in [-0.05, 0) is 49.8 Å². The number of benzene rings is 1. The summed E-state index contributed by atoms with van der Waals surface area (Å²) >= 11 is 0. The number of unbranched alkanes of at least 4 members (excludes halogenated alkanes) is 1. The number of hydroxylamine groups is 1.